The number of hydrogen-bond donors (Lipinski definition) is 1. The summed E-state index contributed by atoms with van der Waals surface area (Å²) in [5.74, 6) is 1.20. The molecule has 0 spiro atoms. The predicted molar refractivity (Wildman–Crippen MR) is 103 cm³/mol. The molecule has 3 fully saturated rings. The SMILES string of the molecule is CC1CCCC(CC(C)(C)C2(C)OCC(C)(NC3CCCCC3)O2)C1. The van der Waals surface area contributed by atoms with Gasteiger partial charge in [0.2, 0.25) is 0 Å². The van der Waals surface area contributed by atoms with Crippen LogP contribution in [0.1, 0.15) is 98.8 Å². The second-order valence-corrected chi connectivity index (χ2v) is 10.3. The molecule has 0 bridgehead atoms. The van der Waals surface area contributed by atoms with E-state index in [9.17, 15) is 0 Å². The predicted octanol–water partition coefficient (Wildman–Crippen LogP) is 5.63. The van der Waals surface area contributed by atoms with Crippen LogP contribution >= 0.6 is 0 Å². The molecule has 146 valence electrons. The van der Waals surface area contributed by atoms with E-state index in [2.05, 4.69) is 39.9 Å². The van der Waals surface area contributed by atoms with Crippen molar-refractivity contribution in [2.75, 3.05) is 6.61 Å². The maximum absolute atomic E-state index is 6.64. The Morgan fingerprint density at radius 2 is 1.72 bits per heavy atom. The number of hydrogen-bond acceptors (Lipinski definition) is 3. The molecule has 4 unspecified atom stereocenters. The lowest BCUT2D eigenvalue weighted by Gasteiger charge is -2.44. The Bertz CT molecular complexity index is 445. The second-order valence-electron chi connectivity index (χ2n) is 10.3. The second kappa shape index (κ2) is 7.48. The van der Waals surface area contributed by atoms with Gasteiger partial charge >= 0.3 is 0 Å². The minimum atomic E-state index is -0.496. The highest BCUT2D eigenvalue weighted by molar-refractivity contribution is 4.95. The average Bonchev–Trinajstić information content (AvgIpc) is 2.85. The van der Waals surface area contributed by atoms with Crippen molar-refractivity contribution in [3.63, 3.8) is 0 Å². The van der Waals surface area contributed by atoms with Gasteiger partial charge in [-0.1, -0.05) is 59.3 Å². The molecule has 0 aromatic rings. The topological polar surface area (TPSA) is 30.5 Å². The fraction of sp³-hybridized carbons (Fsp3) is 1.00. The molecule has 3 nitrogen and oxygen atoms in total. The maximum atomic E-state index is 6.64. The molecule has 4 atom stereocenters. The molecule has 1 saturated heterocycles. The third-order valence-corrected chi connectivity index (χ3v) is 7.23. The van der Waals surface area contributed by atoms with Crippen molar-refractivity contribution in [2.45, 2.75) is 116 Å². The van der Waals surface area contributed by atoms with Gasteiger partial charge in [0.1, 0.15) is 5.72 Å². The van der Waals surface area contributed by atoms with Gasteiger partial charge < -0.3 is 9.47 Å². The van der Waals surface area contributed by atoms with E-state index in [1.54, 1.807) is 0 Å². The molecule has 3 aliphatic rings. The minimum absolute atomic E-state index is 0.0285. The first kappa shape index (κ1) is 19.6. The summed E-state index contributed by atoms with van der Waals surface area (Å²) in [5.41, 5.74) is -0.311. The Morgan fingerprint density at radius 3 is 2.40 bits per heavy atom. The van der Waals surface area contributed by atoms with Crippen LogP contribution in [0.25, 0.3) is 0 Å². The van der Waals surface area contributed by atoms with E-state index in [0.29, 0.717) is 12.6 Å². The third kappa shape index (κ3) is 4.59. The van der Waals surface area contributed by atoms with Gasteiger partial charge in [0.25, 0.3) is 0 Å². The average molecular weight is 352 g/mol. The van der Waals surface area contributed by atoms with E-state index >= 15 is 0 Å². The summed E-state index contributed by atoms with van der Waals surface area (Å²) in [6.07, 6.45) is 13.4. The van der Waals surface area contributed by atoms with Crippen molar-refractivity contribution in [1.82, 2.24) is 5.32 Å². The van der Waals surface area contributed by atoms with Crippen LogP contribution < -0.4 is 5.32 Å². The molecule has 3 heteroatoms. The quantitative estimate of drug-likeness (QED) is 0.696. The molecule has 1 N–H and O–H groups in total. The normalized spacial score (nSPS) is 41.2. The highest BCUT2D eigenvalue weighted by Gasteiger charge is 2.54. The van der Waals surface area contributed by atoms with Crippen LogP contribution in [0.15, 0.2) is 0 Å². The van der Waals surface area contributed by atoms with Crippen LogP contribution in [0, 0.1) is 17.3 Å². The zero-order chi connectivity index (χ0) is 18.1. The van der Waals surface area contributed by atoms with Gasteiger partial charge in [0.05, 0.1) is 6.61 Å². The Morgan fingerprint density at radius 1 is 1.00 bits per heavy atom. The largest absolute Gasteiger partial charge is 0.345 e. The van der Waals surface area contributed by atoms with Gasteiger partial charge in [0, 0.05) is 11.5 Å². The standard InChI is InChI=1S/C22H41NO2/c1-17-10-9-11-18(14-17)15-20(2,3)22(5)24-16-21(4,25-22)23-19-12-7-6-8-13-19/h17-19,23H,6-16H2,1-5H3. The molecule has 25 heavy (non-hydrogen) atoms. The van der Waals surface area contributed by atoms with Crippen LogP contribution in [0.2, 0.25) is 0 Å². The van der Waals surface area contributed by atoms with Crippen molar-refractivity contribution in [2.24, 2.45) is 17.3 Å². The first-order chi connectivity index (χ1) is 11.7. The van der Waals surface area contributed by atoms with E-state index in [1.807, 2.05) is 0 Å². The number of nitrogens with one attached hydrogen (secondary N) is 1. The molecule has 1 heterocycles. The van der Waals surface area contributed by atoms with E-state index in [4.69, 9.17) is 9.47 Å². The molecule has 0 radical (unpaired) electrons. The summed E-state index contributed by atoms with van der Waals surface area (Å²) in [4.78, 5) is 0. The lowest BCUT2D eigenvalue weighted by atomic mass is 9.70. The van der Waals surface area contributed by atoms with Crippen molar-refractivity contribution < 1.29 is 9.47 Å². The van der Waals surface area contributed by atoms with Gasteiger partial charge in [-0.05, 0) is 51.4 Å². The van der Waals surface area contributed by atoms with Crippen LogP contribution in [-0.4, -0.2) is 24.2 Å². The van der Waals surface area contributed by atoms with Crippen molar-refractivity contribution >= 4 is 0 Å². The summed E-state index contributed by atoms with van der Waals surface area (Å²) in [6.45, 7) is 12.1. The van der Waals surface area contributed by atoms with Crippen LogP contribution in [0.4, 0.5) is 0 Å². The smallest absolute Gasteiger partial charge is 0.173 e. The summed E-state index contributed by atoms with van der Waals surface area (Å²) in [5, 5.41) is 3.78. The van der Waals surface area contributed by atoms with Gasteiger partial charge in [-0.2, -0.15) is 0 Å². The lowest BCUT2D eigenvalue weighted by Crippen LogP contribution is -2.53. The number of ether oxygens (including phenoxy) is 2. The Hall–Kier alpha value is -0.120. The first-order valence-electron chi connectivity index (χ1n) is 10.8. The van der Waals surface area contributed by atoms with Crippen molar-refractivity contribution in [1.29, 1.82) is 0 Å². The van der Waals surface area contributed by atoms with E-state index in [0.717, 1.165) is 11.8 Å². The molecule has 2 aliphatic carbocycles. The molecular formula is C22H41NO2. The highest BCUT2D eigenvalue weighted by Crippen LogP contribution is 2.48. The molecular weight excluding hydrogens is 310 g/mol. The van der Waals surface area contributed by atoms with Crippen LogP contribution in [0.5, 0.6) is 0 Å². The van der Waals surface area contributed by atoms with E-state index in [1.165, 1.54) is 64.2 Å². The Labute approximate surface area is 155 Å². The zero-order valence-electron chi connectivity index (χ0n) is 17.3. The first-order valence-corrected chi connectivity index (χ1v) is 10.8. The zero-order valence-corrected chi connectivity index (χ0v) is 17.3. The Kier molecular flexibility index (Phi) is 5.88. The Balaban J connectivity index is 1.60. The van der Waals surface area contributed by atoms with Crippen molar-refractivity contribution in [3.05, 3.63) is 0 Å². The maximum Gasteiger partial charge on any atom is 0.173 e. The minimum Gasteiger partial charge on any atom is -0.345 e. The fourth-order valence-corrected chi connectivity index (χ4v) is 5.50. The summed E-state index contributed by atoms with van der Waals surface area (Å²) < 4.78 is 13.0. The van der Waals surface area contributed by atoms with Gasteiger partial charge in [0.15, 0.2) is 5.79 Å². The monoisotopic (exact) mass is 351 g/mol. The molecule has 0 aromatic carbocycles. The summed E-state index contributed by atoms with van der Waals surface area (Å²) in [7, 11) is 0. The van der Waals surface area contributed by atoms with Crippen molar-refractivity contribution in [3.8, 4) is 0 Å². The van der Waals surface area contributed by atoms with Crippen LogP contribution in [-0.2, 0) is 9.47 Å². The third-order valence-electron chi connectivity index (χ3n) is 7.23. The molecule has 3 rings (SSSR count). The number of rotatable bonds is 5. The van der Waals surface area contributed by atoms with Gasteiger partial charge in [-0.3, -0.25) is 5.32 Å². The van der Waals surface area contributed by atoms with Gasteiger partial charge in [-0.15, -0.1) is 0 Å². The molecule has 0 amide bonds. The summed E-state index contributed by atoms with van der Waals surface area (Å²) >= 11 is 0. The van der Waals surface area contributed by atoms with E-state index in [-0.39, 0.29) is 11.1 Å². The highest BCUT2D eigenvalue weighted by atomic mass is 16.8. The molecule has 2 saturated carbocycles. The molecule has 0 aromatic heterocycles. The molecule has 1 aliphatic heterocycles. The fourth-order valence-electron chi connectivity index (χ4n) is 5.50. The van der Waals surface area contributed by atoms with Crippen LogP contribution in [0.3, 0.4) is 0 Å². The van der Waals surface area contributed by atoms with E-state index < -0.39 is 5.79 Å². The summed E-state index contributed by atoms with van der Waals surface area (Å²) in [6, 6.07) is 0.590. The van der Waals surface area contributed by atoms with Gasteiger partial charge in [-0.25, -0.2) is 0 Å². The lowest BCUT2D eigenvalue weighted by molar-refractivity contribution is -0.245.